The molecule has 10 heavy (non-hydrogen) atoms. The van der Waals surface area contributed by atoms with Crippen molar-refractivity contribution in [1.29, 1.82) is 0 Å². The van der Waals surface area contributed by atoms with E-state index < -0.39 is 0 Å². The molecule has 0 aromatic heterocycles. The second kappa shape index (κ2) is 4.98. The molecule has 0 rings (SSSR count). The van der Waals surface area contributed by atoms with Crippen molar-refractivity contribution in [2.24, 2.45) is 5.92 Å². The van der Waals surface area contributed by atoms with Crippen LogP contribution in [0, 0.1) is 5.92 Å². The molecule has 1 atom stereocenters. The number of hydrogen-bond acceptors (Lipinski definition) is 1. The van der Waals surface area contributed by atoms with Gasteiger partial charge in [-0.2, -0.15) is 0 Å². The summed E-state index contributed by atoms with van der Waals surface area (Å²) in [5, 5.41) is 0. The van der Waals surface area contributed by atoms with Crippen LogP contribution in [0.15, 0.2) is 24.3 Å². The third kappa shape index (κ3) is 3.23. The molecule has 1 heteroatoms. The van der Waals surface area contributed by atoms with Crippen molar-refractivity contribution in [3.8, 4) is 0 Å². The molecule has 0 aromatic rings. The highest BCUT2D eigenvalue weighted by atomic mass is 16.1. The van der Waals surface area contributed by atoms with Crippen LogP contribution in [0.4, 0.5) is 0 Å². The maximum absolute atomic E-state index is 10.4. The lowest BCUT2D eigenvalue weighted by Crippen LogP contribution is -2.00. The molecule has 0 aromatic carbocycles. The molecular weight excluding hydrogens is 124 g/mol. The van der Waals surface area contributed by atoms with E-state index in [1.54, 1.807) is 0 Å². The summed E-state index contributed by atoms with van der Waals surface area (Å²) in [5.41, 5.74) is 0.938. The lowest BCUT2D eigenvalue weighted by Gasteiger charge is -2.04. The number of allylic oxidation sites excluding steroid dienone is 3. The van der Waals surface area contributed by atoms with Gasteiger partial charge in [-0.15, -0.1) is 0 Å². The fourth-order valence-electron chi connectivity index (χ4n) is 0.656. The van der Waals surface area contributed by atoms with Gasteiger partial charge in [0.1, 0.15) is 6.29 Å². The average molecular weight is 138 g/mol. The van der Waals surface area contributed by atoms with E-state index in [-0.39, 0.29) is 5.92 Å². The Kier molecular flexibility index (Phi) is 4.55. The molecule has 1 unspecified atom stereocenters. The zero-order valence-corrected chi connectivity index (χ0v) is 6.63. The summed E-state index contributed by atoms with van der Waals surface area (Å²) >= 11 is 0. The minimum absolute atomic E-state index is 0.0104. The number of carbonyl (C=O) groups is 1. The topological polar surface area (TPSA) is 17.1 Å². The van der Waals surface area contributed by atoms with Crippen molar-refractivity contribution in [2.45, 2.75) is 20.3 Å². The van der Waals surface area contributed by atoms with Crippen molar-refractivity contribution in [1.82, 2.24) is 0 Å². The van der Waals surface area contributed by atoms with Crippen LogP contribution in [0.3, 0.4) is 0 Å². The Balaban J connectivity index is 3.83. The van der Waals surface area contributed by atoms with Crippen LogP contribution in [0.2, 0.25) is 0 Å². The second-order valence-electron chi connectivity index (χ2n) is 2.39. The summed E-state index contributed by atoms with van der Waals surface area (Å²) < 4.78 is 0. The smallest absolute Gasteiger partial charge is 0.127 e. The first-order chi connectivity index (χ1) is 4.72. The average Bonchev–Trinajstić information content (AvgIpc) is 1.89. The Bertz CT molecular complexity index is 145. The maximum atomic E-state index is 10.4. The predicted molar refractivity (Wildman–Crippen MR) is 43.8 cm³/mol. The zero-order chi connectivity index (χ0) is 7.98. The monoisotopic (exact) mass is 138 g/mol. The largest absolute Gasteiger partial charge is 0.303 e. The number of hydrogen-bond donors (Lipinski definition) is 0. The minimum atomic E-state index is 0.0104. The van der Waals surface area contributed by atoms with Crippen LogP contribution >= 0.6 is 0 Å². The van der Waals surface area contributed by atoms with Crippen LogP contribution in [0.5, 0.6) is 0 Å². The van der Waals surface area contributed by atoms with Crippen LogP contribution in [-0.2, 0) is 4.79 Å². The first-order valence-corrected chi connectivity index (χ1v) is 3.44. The van der Waals surface area contributed by atoms with Crippen molar-refractivity contribution in [3.05, 3.63) is 24.3 Å². The molecule has 0 N–H and O–H groups in total. The molecule has 0 aliphatic heterocycles. The number of rotatable bonds is 4. The quantitative estimate of drug-likeness (QED) is 0.430. The van der Waals surface area contributed by atoms with Crippen molar-refractivity contribution >= 4 is 6.29 Å². The van der Waals surface area contributed by atoms with Gasteiger partial charge in [-0.25, -0.2) is 0 Å². The molecule has 0 aliphatic carbocycles. The van der Waals surface area contributed by atoms with Gasteiger partial charge in [0, 0.05) is 5.92 Å². The van der Waals surface area contributed by atoms with Gasteiger partial charge in [0.15, 0.2) is 0 Å². The molecule has 1 nitrogen and oxygen atoms in total. The molecule has 56 valence electrons. The van der Waals surface area contributed by atoms with E-state index in [4.69, 9.17) is 0 Å². The van der Waals surface area contributed by atoms with Crippen LogP contribution in [0.1, 0.15) is 20.3 Å². The van der Waals surface area contributed by atoms with E-state index in [1.807, 2.05) is 26.0 Å². The summed E-state index contributed by atoms with van der Waals surface area (Å²) in [6.07, 6.45) is 5.66. The first-order valence-electron chi connectivity index (χ1n) is 3.44. The Morgan fingerprint density at radius 3 is 2.60 bits per heavy atom. The maximum Gasteiger partial charge on any atom is 0.127 e. The molecule has 0 saturated carbocycles. The van der Waals surface area contributed by atoms with Crippen molar-refractivity contribution in [2.75, 3.05) is 0 Å². The standard InChI is InChI=1S/C9H14O/c1-4-5-6-9(7-10)8(2)3/h4-5,7,9H,2,6H2,1,3H3. The number of carbonyl (C=O) groups excluding carboxylic acids is 1. The van der Waals surface area contributed by atoms with Gasteiger partial charge in [-0.1, -0.05) is 24.3 Å². The fraction of sp³-hybridized carbons (Fsp3) is 0.444. The van der Waals surface area contributed by atoms with E-state index in [0.717, 1.165) is 18.3 Å². The SMILES string of the molecule is C=C(C)C(C=O)CC=CC. The first kappa shape index (κ1) is 9.15. The lowest BCUT2D eigenvalue weighted by molar-refractivity contribution is -0.110. The molecule has 0 saturated heterocycles. The van der Waals surface area contributed by atoms with Crippen molar-refractivity contribution < 1.29 is 4.79 Å². The van der Waals surface area contributed by atoms with Gasteiger partial charge in [0.25, 0.3) is 0 Å². The Morgan fingerprint density at radius 1 is 1.70 bits per heavy atom. The molecule has 0 amide bonds. The summed E-state index contributed by atoms with van der Waals surface area (Å²) in [6, 6.07) is 0. The predicted octanol–water partition coefficient (Wildman–Crippen LogP) is 2.34. The Morgan fingerprint density at radius 2 is 2.30 bits per heavy atom. The van der Waals surface area contributed by atoms with Crippen LogP contribution in [-0.4, -0.2) is 6.29 Å². The van der Waals surface area contributed by atoms with Gasteiger partial charge in [0.2, 0.25) is 0 Å². The summed E-state index contributed by atoms with van der Waals surface area (Å²) in [4.78, 5) is 10.4. The van der Waals surface area contributed by atoms with Crippen LogP contribution < -0.4 is 0 Å². The normalized spacial score (nSPS) is 13.4. The highest BCUT2D eigenvalue weighted by molar-refractivity contribution is 5.58. The van der Waals surface area contributed by atoms with E-state index in [2.05, 4.69) is 6.58 Å². The third-order valence-corrected chi connectivity index (χ3v) is 1.42. The minimum Gasteiger partial charge on any atom is -0.303 e. The third-order valence-electron chi connectivity index (χ3n) is 1.42. The van der Waals surface area contributed by atoms with E-state index in [0.29, 0.717) is 0 Å². The highest BCUT2D eigenvalue weighted by Gasteiger charge is 2.03. The van der Waals surface area contributed by atoms with E-state index in [1.165, 1.54) is 0 Å². The number of aldehydes is 1. The molecule has 0 heterocycles. The molecular formula is C9H14O. The lowest BCUT2D eigenvalue weighted by atomic mass is 10.00. The van der Waals surface area contributed by atoms with Gasteiger partial charge < -0.3 is 4.79 Å². The van der Waals surface area contributed by atoms with Gasteiger partial charge in [-0.3, -0.25) is 0 Å². The zero-order valence-electron chi connectivity index (χ0n) is 6.63. The fourth-order valence-corrected chi connectivity index (χ4v) is 0.656. The van der Waals surface area contributed by atoms with Crippen LogP contribution in [0.25, 0.3) is 0 Å². The van der Waals surface area contributed by atoms with Gasteiger partial charge >= 0.3 is 0 Å². The summed E-state index contributed by atoms with van der Waals surface area (Å²) in [5.74, 6) is 0.0104. The second-order valence-corrected chi connectivity index (χ2v) is 2.39. The molecule has 0 bridgehead atoms. The van der Waals surface area contributed by atoms with Crippen molar-refractivity contribution in [3.63, 3.8) is 0 Å². The van der Waals surface area contributed by atoms with E-state index >= 15 is 0 Å². The molecule has 0 radical (unpaired) electrons. The summed E-state index contributed by atoms with van der Waals surface area (Å²) in [7, 11) is 0. The van der Waals surface area contributed by atoms with Gasteiger partial charge in [-0.05, 0) is 20.3 Å². The summed E-state index contributed by atoms with van der Waals surface area (Å²) in [6.45, 7) is 7.54. The van der Waals surface area contributed by atoms with E-state index in [9.17, 15) is 4.79 Å². The highest BCUT2D eigenvalue weighted by Crippen LogP contribution is 2.09. The molecule has 0 fully saturated rings. The van der Waals surface area contributed by atoms with Gasteiger partial charge in [0.05, 0.1) is 0 Å². The molecule has 0 aliphatic rings. The Hall–Kier alpha value is -0.850. The Labute approximate surface area is 62.4 Å². The molecule has 0 spiro atoms.